The number of aromatic nitrogens is 1. The minimum Gasteiger partial charge on any atom is -0.490 e. The third-order valence-electron chi connectivity index (χ3n) is 2.39. The first-order valence-corrected chi connectivity index (χ1v) is 6.57. The Morgan fingerprint density at radius 1 is 1.41 bits per heavy atom. The van der Waals surface area contributed by atoms with Gasteiger partial charge >= 0.3 is 0 Å². The van der Waals surface area contributed by atoms with E-state index in [4.69, 9.17) is 4.74 Å². The second kappa shape index (κ2) is 5.68. The Bertz CT molecular complexity index is 456. The summed E-state index contributed by atoms with van der Waals surface area (Å²) in [4.78, 5) is 5.61. The van der Waals surface area contributed by atoms with Crippen molar-refractivity contribution < 1.29 is 4.74 Å². The molecule has 0 spiro atoms. The highest BCUT2D eigenvalue weighted by Crippen LogP contribution is 2.27. The van der Waals surface area contributed by atoms with Gasteiger partial charge in [-0.2, -0.15) is 0 Å². The van der Waals surface area contributed by atoms with E-state index in [0.717, 1.165) is 11.6 Å². The molecule has 2 aromatic rings. The normalized spacial score (nSPS) is 12.1. The zero-order valence-corrected chi connectivity index (χ0v) is 10.8. The number of thiophene rings is 1. The van der Waals surface area contributed by atoms with Gasteiger partial charge in [-0.05, 0) is 37.4 Å². The van der Waals surface area contributed by atoms with Gasteiger partial charge in [0.25, 0.3) is 0 Å². The van der Waals surface area contributed by atoms with E-state index in [1.807, 2.05) is 19.1 Å². The van der Waals surface area contributed by atoms with Crippen LogP contribution in [0.25, 0.3) is 0 Å². The molecular weight excluding hydrogens is 232 g/mol. The molecule has 0 aliphatic carbocycles. The van der Waals surface area contributed by atoms with Crippen LogP contribution in [0.1, 0.15) is 24.8 Å². The molecule has 4 heteroatoms. The van der Waals surface area contributed by atoms with Crippen molar-refractivity contribution in [3.8, 4) is 5.75 Å². The molecule has 1 atom stereocenters. The molecule has 0 bridgehead atoms. The van der Waals surface area contributed by atoms with Gasteiger partial charge in [-0.15, -0.1) is 11.3 Å². The van der Waals surface area contributed by atoms with Crippen LogP contribution in [-0.2, 0) is 0 Å². The highest BCUT2D eigenvalue weighted by Gasteiger charge is 2.10. The van der Waals surface area contributed by atoms with Crippen LogP contribution in [0.15, 0.2) is 35.8 Å². The van der Waals surface area contributed by atoms with Gasteiger partial charge in [-0.1, -0.05) is 6.07 Å². The molecule has 0 radical (unpaired) electrons. The fourth-order valence-electron chi connectivity index (χ4n) is 1.58. The Morgan fingerprint density at radius 3 is 3.00 bits per heavy atom. The topological polar surface area (TPSA) is 34.1 Å². The first kappa shape index (κ1) is 11.9. The van der Waals surface area contributed by atoms with E-state index in [0.29, 0.717) is 6.61 Å². The van der Waals surface area contributed by atoms with Gasteiger partial charge in [0.05, 0.1) is 12.6 Å². The number of ether oxygens (including phenoxy) is 1. The lowest BCUT2D eigenvalue weighted by molar-refractivity contribution is 0.340. The minimum absolute atomic E-state index is 0.240. The van der Waals surface area contributed by atoms with Crippen LogP contribution >= 0.6 is 11.3 Å². The second-order valence-corrected chi connectivity index (χ2v) is 4.64. The number of hydrogen-bond acceptors (Lipinski definition) is 4. The number of rotatable bonds is 5. The Labute approximate surface area is 105 Å². The quantitative estimate of drug-likeness (QED) is 0.875. The van der Waals surface area contributed by atoms with Crippen molar-refractivity contribution >= 4 is 17.2 Å². The van der Waals surface area contributed by atoms with E-state index in [1.165, 1.54) is 4.88 Å². The van der Waals surface area contributed by atoms with Crippen LogP contribution in [0, 0.1) is 0 Å². The van der Waals surface area contributed by atoms with Gasteiger partial charge in [-0.25, -0.2) is 4.98 Å². The molecule has 0 aliphatic heterocycles. The summed E-state index contributed by atoms with van der Waals surface area (Å²) in [6.07, 6.45) is 1.77. The SMILES string of the molecule is CCOc1cccnc1NC(C)c1cccs1. The van der Waals surface area contributed by atoms with Crippen molar-refractivity contribution in [1.29, 1.82) is 0 Å². The van der Waals surface area contributed by atoms with Gasteiger partial charge in [-0.3, -0.25) is 0 Å². The fourth-order valence-corrected chi connectivity index (χ4v) is 2.32. The van der Waals surface area contributed by atoms with E-state index in [-0.39, 0.29) is 6.04 Å². The molecule has 0 saturated heterocycles. The molecule has 17 heavy (non-hydrogen) atoms. The average Bonchev–Trinajstić information content (AvgIpc) is 2.85. The summed E-state index contributed by atoms with van der Waals surface area (Å²) in [7, 11) is 0. The molecule has 2 heterocycles. The molecule has 0 fully saturated rings. The second-order valence-electron chi connectivity index (χ2n) is 3.66. The first-order valence-electron chi connectivity index (χ1n) is 5.69. The molecule has 0 saturated carbocycles. The summed E-state index contributed by atoms with van der Waals surface area (Å²) < 4.78 is 5.53. The van der Waals surface area contributed by atoms with E-state index in [1.54, 1.807) is 17.5 Å². The predicted molar refractivity (Wildman–Crippen MR) is 71.8 cm³/mol. The van der Waals surface area contributed by atoms with E-state index >= 15 is 0 Å². The molecule has 0 aromatic carbocycles. The average molecular weight is 248 g/mol. The Kier molecular flexibility index (Phi) is 3.98. The molecule has 2 aromatic heterocycles. The third kappa shape index (κ3) is 2.97. The molecule has 0 aliphatic rings. The summed E-state index contributed by atoms with van der Waals surface area (Å²) >= 11 is 1.74. The van der Waals surface area contributed by atoms with Crippen molar-refractivity contribution in [1.82, 2.24) is 4.98 Å². The van der Waals surface area contributed by atoms with Crippen LogP contribution in [0.3, 0.4) is 0 Å². The van der Waals surface area contributed by atoms with Crippen molar-refractivity contribution in [2.45, 2.75) is 19.9 Å². The first-order chi connectivity index (χ1) is 8.31. The summed E-state index contributed by atoms with van der Waals surface area (Å²) in [5, 5.41) is 5.45. The third-order valence-corrected chi connectivity index (χ3v) is 3.45. The smallest absolute Gasteiger partial charge is 0.169 e. The van der Waals surface area contributed by atoms with Crippen molar-refractivity contribution in [2.24, 2.45) is 0 Å². The van der Waals surface area contributed by atoms with E-state index in [9.17, 15) is 0 Å². The summed E-state index contributed by atoms with van der Waals surface area (Å²) in [5.41, 5.74) is 0. The summed E-state index contributed by atoms with van der Waals surface area (Å²) in [6, 6.07) is 8.22. The molecule has 3 nitrogen and oxygen atoms in total. The fraction of sp³-hybridized carbons (Fsp3) is 0.308. The molecule has 0 amide bonds. The Morgan fingerprint density at radius 2 is 2.29 bits per heavy atom. The predicted octanol–water partition coefficient (Wildman–Crippen LogP) is 3.71. The number of pyridine rings is 1. The Hall–Kier alpha value is -1.55. The van der Waals surface area contributed by atoms with Crippen LogP contribution in [-0.4, -0.2) is 11.6 Å². The van der Waals surface area contributed by atoms with Crippen molar-refractivity contribution in [3.05, 3.63) is 40.7 Å². The Balaban J connectivity index is 2.12. The maximum atomic E-state index is 5.53. The zero-order valence-electron chi connectivity index (χ0n) is 10.0. The van der Waals surface area contributed by atoms with Gasteiger partial charge in [0, 0.05) is 11.1 Å². The van der Waals surface area contributed by atoms with E-state index in [2.05, 4.69) is 34.7 Å². The number of nitrogens with zero attached hydrogens (tertiary/aromatic N) is 1. The van der Waals surface area contributed by atoms with Crippen LogP contribution in [0.4, 0.5) is 5.82 Å². The van der Waals surface area contributed by atoms with Crippen molar-refractivity contribution in [3.63, 3.8) is 0 Å². The number of hydrogen-bond donors (Lipinski definition) is 1. The molecule has 2 rings (SSSR count). The largest absolute Gasteiger partial charge is 0.490 e. The molecular formula is C13H16N2OS. The van der Waals surface area contributed by atoms with Crippen LogP contribution < -0.4 is 10.1 Å². The van der Waals surface area contributed by atoms with Crippen LogP contribution in [0.2, 0.25) is 0 Å². The standard InChI is InChI=1S/C13H16N2OS/c1-3-16-11-6-4-8-14-13(11)15-10(2)12-7-5-9-17-12/h4-10H,3H2,1-2H3,(H,14,15). The molecule has 1 unspecified atom stereocenters. The van der Waals surface area contributed by atoms with Gasteiger partial charge < -0.3 is 10.1 Å². The van der Waals surface area contributed by atoms with Crippen LogP contribution in [0.5, 0.6) is 5.75 Å². The maximum absolute atomic E-state index is 5.53. The number of anilines is 1. The molecule has 1 N–H and O–H groups in total. The highest BCUT2D eigenvalue weighted by atomic mass is 32.1. The van der Waals surface area contributed by atoms with Gasteiger partial charge in [0.2, 0.25) is 0 Å². The zero-order chi connectivity index (χ0) is 12.1. The highest BCUT2D eigenvalue weighted by molar-refractivity contribution is 7.10. The monoisotopic (exact) mass is 248 g/mol. The summed E-state index contributed by atoms with van der Waals surface area (Å²) in [6.45, 7) is 4.74. The number of nitrogens with one attached hydrogen (secondary N) is 1. The maximum Gasteiger partial charge on any atom is 0.169 e. The lowest BCUT2D eigenvalue weighted by Crippen LogP contribution is -2.08. The lowest BCUT2D eigenvalue weighted by Gasteiger charge is -2.15. The summed E-state index contributed by atoms with van der Waals surface area (Å²) in [5.74, 6) is 1.61. The minimum atomic E-state index is 0.240. The lowest BCUT2D eigenvalue weighted by atomic mass is 10.2. The van der Waals surface area contributed by atoms with E-state index < -0.39 is 0 Å². The van der Waals surface area contributed by atoms with Gasteiger partial charge in [0.1, 0.15) is 0 Å². The van der Waals surface area contributed by atoms with Gasteiger partial charge in [0.15, 0.2) is 11.6 Å². The van der Waals surface area contributed by atoms with Crippen molar-refractivity contribution in [2.75, 3.05) is 11.9 Å². The molecule has 90 valence electrons.